The van der Waals surface area contributed by atoms with E-state index in [0.717, 1.165) is 18.3 Å². The van der Waals surface area contributed by atoms with E-state index < -0.39 is 23.3 Å². The summed E-state index contributed by atoms with van der Waals surface area (Å²) in [5.41, 5.74) is -2.09. The zero-order valence-electron chi connectivity index (χ0n) is 11.6. The Morgan fingerprint density at radius 1 is 1.33 bits per heavy atom. The van der Waals surface area contributed by atoms with E-state index in [2.05, 4.69) is 5.16 Å². The van der Waals surface area contributed by atoms with Gasteiger partial charge in [0.2, 0.25) is 5.60 Å². The first kappa shape index (κ1) is 17.0. The van der Waals surface area contributed by atoms with Crippen LogP contribution in [0.15, 0.2) is 29.4 Å². The van der Waals surface area contributed by atoms with E-state index in [1.165, 1.54) is 12.1 Å². The fraction of sp³-hybridized carbons (Fsp3) is 0.429. The molecular formula is C14H16F3NO3. The van der Waals surface area contributed by atoms with Crippen LogP contribution >= 0.6 is 0 Å². The van der Waals surface area contributed by atoms with Crippen molar-refractivity contribution in [3.63, 3.8) is 0 Å². The van der Waals surface area contributed by atoms with Crippen LogP contribution in [0.3, 0.4) is 0 Å². The van der Waals surface area contributed by atoms with Crippen molar-refractivity contribution in [2.75, 3.05) is 0 Å². The van der Waals surface area contributed by atoms with Gasteiger partial charge in [0.1, 0.15) is 0 Å². The van der Waals surface area contributed by atoms with E-state index in [1.54, 1.807) is 13.8 Å². The Kier molecular flexibility index (Phi) is 5.34. The number of carboxylic acids is 1. The van der Waals surface area contributed by atoms with Gasteiger partial charge < -0.3 is 9.94 Å². The van der Waals surface area contributed by atoms with Crippen molar-refractivity contribution < 1.29 is 27.9 Å². The lowest BCUT2D eigenvalue weighted by molar-refractivity contribution is -0.167. The van der Waals surface area contributed by atoms with Crippen LogP contribution in [0.5, 0.6) is 0 Å². The smallest absolute Gasteiger partial charge is 0.416 e. The van der Waals surface area contributed by atoms with Crippen molar-refractivity contribution in [3.05, 3.63) is 35.4 Å². The second kappa shape index (κ2) is 6.60. The van der Waals surface area contributed by atoms with Gasteiger partial charge >= 0.3 is 12.1 Å². The summed E-state index contributed by atoms with van der Waals surface area (Å²) in [6.07, 6.45) is -2.99. The van der Waals surface area contributed by atoms with Gasteiger partial charge in [0.05, 0.1) is 11.8 Å². The molecule has 0 heterocycles. The number of aliphatic carboxylic acids is 1. The van der Waals surface area contributed by atoms with Crippen molar-refractivity contribution in [2.45, 2.75) is 38.5 Å². The molecule has 116 valence electrons. The van der Waals surface area contributed by atoms with Crippen molar-refractivity contribution in [3.8, 4) is 0 Å². The number of benzene rings is 1. The van der Waals surface area contributed by atoms with Crippen LogP contribution in [0, 0.1) is 0 Å². The van der Waals surface area contributed by atoms with Gasteiger partial charge in [-0.05, 0) is 30.5 Å². The predicted octanol–water partition coefficient (Wildman–Crippen LogP) is 3.70. The molecule has 0 saturated heterocycles. The first-order valence-electron chi connectivity index (χ1n) is 6.37. The summed E-state index contributed by atoms with van der Waals surface area (Å²) in [6.45, 7) is 3.27. The summed E-state index contributed by atoms with van der Waals surface area (Å²) >= 11 is 0. The number of hydrogen-bond donors (Lipinski definition) is 1. The van der Waals surface area contributed by atoms with Crippen molar-refractivity contribution >= 4 is 12.2 Å². The molecule has 0 saturated carbocycles. The third-order valence-electron chi connectivity index (χ3n) is 3.18. The molecule has 1 rings (SSSR count). The van der Waals surface area contributed by atoms with Crippen LogP contribution in [0.2, 0.25) is 0 Å². The molecule has 21 heavy (non-hydrogen) atoms. The minimum absolute atomic E-state index is 0.177. The lowest BCUT2D eigenvalue weighted by Crippen LogP contribution is -2.38. The summed E-state index contributed by atoms with van der Waals surface area (Å²) in [5.74, 6) is -1.16. The normalized spacial score (nSPS) is 12.6. The highest BCUT2D eigenvalue weighted by Gasteiger charge is 2.37. The van der Waals surface area contributed by atoms with Gasteiger partial charge in [0, 0.05) is 0 Å². The number of carboxylic acid groups (broad SMARTS) is 1. The van der Waals surface area contributed by atoms with Crippen molar-refractivity contribution in [2.24, 2.45) is 5.16 Å². The average Bonchev–Trinajstić information content (AvgIpc) is 2.43. The van der Waals surface area contributed by atoms with E-state index in [0.29, 0.717) is 0 Å². The summed E-state index contributed by atoms with van der Waals surface area (Å²) < 4.78 is 37.6. The Hall–Kier alpha value is -2.05. The van der Waals surface area contributed by atoms with Gasteiger partial charge in [-0.15, -0.1) is 0 Å². The molecule has 0 aliphatic heterocycles. The number of carbonyl (C=O) groups is 1. The Morgan fingerprint density at radius 2 is 1.95 bits per heavy atom. The van der Waals surface area contributed by atoms with Gasteiger partial charge in [-0.25, -0.2) is 4.79 Å². The molecular weight excluding hydrogens is 287 g/mol. The van der Waals surface area contributed by atoms with E-state index in [1.807, 2.05) is 0 Å². The minimum Gasteiger partial charge on any atom is -0.478 e. The van der Waals surface area contributed by atoms with Gasteiger partial charge in [0.15, 0.2) is 0 Å². The fourth-order valence-corrected chi connectivity index (χ4v) is 1.70. The molecule has 0 aliphatic rings. The second-order valence-electron chi connectivity index (χ2n) is 4.46. The molecule has 0 unspecified atom stereocenters. The van der Waals surface area contributed by atoms with Gasteiger partial charge in [-0.3, -0.25) is 0 Å². The van der Waals surface area contributed by atoms with Crippen LogP contribution in [0.4, 0.5) is 13.2 Å². The summed E-state index contributed by atoms with van der Waals surface area (Å²) in [6, 6.07) is 4.52. The number of nitrogens with zero attached hydrogens (tertiary/aromatic N) is 1. The van der Waals surface area contributed by atoms with E-state index in [9.17, 15) is 18.0 Å². The third-order valence-corrected chi connectivity index (χ3v) is 3.18. The molecule has 0 radical (unpaired) electrons. The van der Waals surface area contributed by atoms with Gasteiger partial charge in [-0.1, -0.05) is 31.1 Å². The molecule has 1 aromatic carbocycles. The molecule has 0 fully saturated rings. The highest BCUT2D eigenvalue weighted by Crippen LogP contribution is 2.29. The lowest BCUT2D eigenvalue weighted by Gasteiger charge is -2.23. The SMILES string of the molecule is CCC(CC)(O/N=C/c1cccc(C(F)(F)F)c1)C(=O)O. The molecule has 0 spiro atoms. The van der Waals surface area contributed by atoms with Gasteiger partial charge in [0.25, 0.3) is 0 Å². The molecule has 0 aromatic heterocycles. The van der Waals surface area contributed by atoms with Crippen LogP contribution < -0.4 is 0 Å². The third kappa shape index (κ3) is 4.21. The number of alkyl halides is 3. The van der Waals surface area contributed by atoms with Crippen LogP contribution in [0.1, 0.15) is 37.8 Å². The quantitative estimate of drug-likeness (QED) is 0.644. The molecule has 1 aromatic rings. The first-order valence-corrected chi connectivity index (χ1v) is 6.37. The zero-order chi connectivity index (χ0) is 16.1. The molecule has 7 heteroatoms. The Morgan fingerprint density at radius 3 is 2.43 bits per heavy atom. The topological polar surface area (TPSA) is 58.9 Å². The van der Waals surface area contributed by atoms with Crippen molar-refractivity contribution in [1.29, 1.82) is 0 Å². The van der Waals surface area contributed by atoms with E-state index >= 15 is 0 Å². The molecule has 0 amide bonds. The fourth-order valence-electron chi connectivity index (χ4n) is 1.70. The summed E-state index contributed by atoms with van der Waals surface area (Å²) in [7, 11) is 0. The van der Waals surface area contributed by atoms with E-state index in [-0.39, 0.29) is 18.4 Å². The molecule has 4 nitrogen and oxygen atoms in total. The van der Waals surface area contributed by atoms with Crippen LogP contribution in [-0.2, 0) is 15.8 Å². The van der Waals surface area contributed by atoms with Crippen LogP contribution in [-0.4, -0.2) is 22.9 Å². The second-order valence-corrected chi connectivity index (χ2v) is 4.46. The standard InChI is InChI=1S/C14H16F3NO3/c1-3-13(4-2,12(19)20)21-18-9-10-6-5-7-11(8-10)14(15,16)17/h5-9H,3-4H2,1-2H3,(H,19,20)/b18-9+. The lowest BCUT2D eigenvalue weighted by atomic mass is 9.98. The number of halogens is 3. The maximum Gasteiger partial charge on any atom is 0.416 e. The summed E-state index contributed by atoms with van der Waals surface area (Å²) in [4.78, 5) is 16.2. The minimum atomic E-state index is -4.44. The zero-order valence-corrected chi connectivity index (χ0v) is 11.6. The largest absolute Gasteiger partial charge is 0.478 e. The Labute approximate surface area is 120 Å². The van der Waals surface area contributed by atoms with Crippen molar-refractivity contribution in [1.82, 2.24) is 0 Å². The summed E-state index contributed by atoms with van der Waals surface area (Å²) in [5, 5.41) is 12.7. The molecule has 0 atom stereocenters. The molecule has 1 N–H and O–H groups in total. The maximum atomic E-state index is 12.5. The van der Waals surface area contributed by atoms with E-state index in [4.69, 9.17) is 9.94 Å². The number of hydrogen-bond acceptors (Lipinski definition) is 3. The average molecular weight is 303 g/mol. The number of rotatable bonds is 6. The molecule has 0 aliphatic carbocycles. The van der Waals surface area contributed by atoms with Crippen LogP contribution in [0.25, 0.3) is 0 Å². The Bertz CT molecular complexity index is 522. The predicted molar refractivity (Wildman–Crippen MR) is 71.1 cm³/mol. The highest BCUT2D eigenvalue weighted by molar-refractivity contribution is 5.80. The monoisotopic (exact) mass is 303 g/mol. The maximum absolute atomic E-state index is 12.5. The highest BCUT2D eigenvalue weighted by atomic mass is 19.4. The first-order chi connectivity index (χ1) is 9.75. The molecule has 0 bridgehead atoms. The number of oxime groups is 1. The van der Waals surface area contributed by atoms with Gasteiger partial charge in [-0.2, -0.15) is 13.2 Å². The Balaban J connectivity index is 2.89.